The molecule has 0 unspecified atom stereocenters. The van der Waals surface area contributed by atoms with E-state index in [9.17, 15) is 0 Å². The van der Waals surface area contributed by atoms with Crippen molar-refractivity contribution in [3.63, 3.8) is 0 Å². The second-order valence-electron chi connectivity index (χ2n) is 2.14. The average molecular weight is 163 g/mol. The summed E-state index contributed by atoms with van der Waals surface area (Å²) in [6.45, 7) is 0. The van der Waals surface area contributed by atoms with Gasteiger partial charge in [0.05, 0.1) is 0 Å². The summed E-state index contributed by atoms with van der Waals surface area (Å²) in [5, 5.41) is 15.5. The van der Waals surface area contributed by atoms with Crippen LogP contribution in [-0.2, 0) is 0 Å². The maximum atomic E-state index is 8.34. The Balaban J connectivity index is 2.46. The summed E-state index contributed by atoms with van der Waals surface area (Å²) in [5.74, 6) is 0.487. The molecule has 59 valence electrons. The van der Waals surface area contributed by atoms with E-state index in [2.05, 4.69) is 14.9 Å². The summed E-state index contributed by atoms with van der Waals surface area (Å²) in [6, 6.07) is 4.95. The molecule has 1 aromatic heterocycles. The van der Waals surface area contributed by atoms with Crippen LogP contribution in [0.25, 0.3) is 11.0 Å². The highest BCUT2D eigenvalue weighted by atomic mass is 16.6. The Morgan fingerprint density at radius 3 is 3.00 bits per heavy atom. The Kier molecular flexibility index (Phi) is 1.67. The summed E-state index contributed by atoms with van der Waals surface area (Å²) in [6.07, 6.45) is 0. The summed E-state index contributed by atoms with van der Waals surface area (Å²) < 4.78 is 9.17. The fourth-order valence-corrected chi connectivity index (χ4v) is 0.896. The third-order valence-electron chi connectivity index (χ3n) is 1.41. The van der Waals surface area contributed by atoms with Crippen LogP contribution < -0.4 is 4.65 Å². The van der Waals surface area contributed by atoms with Crippen LogP contribution in [0.4, 0.5) is 0 Å². The SMILES string of the molecule is O[B]Oc1ccc2nonc2c1. The molecule has 1 heterocycles. The zero-order valence-electron chi connectivity index (χ0n) is 5.97. The number of nitrogens with zero attached hydrogens (tertiary/aromatic N) is 2. The lowest BCUT2D eigenvalue weighted by Gasteiger charge is -1.97. The van der Waals surface area contributed by atoms with Crippen molar-refractivity contribution in [1.29, 1.82) is 0 Å². The third kappa shape index (κ3) is 1.12. The fourth-order valence-electron chi connectivity index (χ4n) is 0.896. The van der Waals surface area contributed by atoms with Gasteiger partial charge in [-0.05, 0) is 22.4 Å². The molecule has 0 fully saturated rings. The van der Waals surface area contributed by atoms with Crippen LogP contribution in [0.15, 0.2) is 22.8 Å². The molecule has 0 amide bonds. The molecule has 0 saturated carbocycles. The van der Waals surface area contributed by atoms with E-state index in [1.54, 1.807) is 18.2 Å². The molecule has 6 heteroatoms. The molecule has 0 saturated heterocycles. The van der Waals surface area contributed by atoms with Crippen molar-refractivity contribution in [2.45, 2.75) is 0 Å². The van der Waals surface area contributed by atoms with Crippen molar-refractivity contribution in [3.8, 4) is 5.75 Å². The van der Waals surface area contributed by atoms with E-state index in [1.807, 2.05) is 0 Å². The summed E-state index contributed by atoms with van der Waals surface area (Å²) in [5.41, 5.74) is 1.25. The normalized spacial score (nSPS) is 10.1. The van der Waals surface area contributed by atoms with Crippen LogP contribution in [0, 0.1) is 0 Å². The molecule has 1 aromatic carbocycles. The molecule has 0 aliphatic heterocycles. The minimum atomic E-state index is 0.487. The van der Waals surface area contributed by atoms with E-state index < -0.39 is 0 Å². The van der Waals surface area contributed by atoms with E-state index in [4.69, 9.17) is 9.68 Å². The molecule has 0 aliphatic carbocycles. The van der Waals surface area contributed by atoms with Crippen LogP contribution >= 0.6 is 0 Å². The first kappa shape index (κ1) is 7.11. The van der Waals surface area contributed by atoms with Gasteiger partial charge in [-0.3, -0.25) is 0 Å². The van der Waals surface area contributed by atoms with E-state index in [1.165, 1.54) is 0 Å². The second-order valence-corrected chi connectivity index (χ2v) is 2.14. The first-order valence-corrected chi connectivity index (χ1v) is 3.25. The smallest absolute Gasteiger partial charge is 0.537 e. The zero-order chi connectivity index (χ0) is 8.39. The molecule has 0 spiro atoms. The van der Waals surface area contributed by atoms with Crippen molar-refractivity contribution < 1.29 is 14.3 Å². The van der Waals surface area contributed by atoms with E-state index in [-0.39, 0.29) is 0 Å². The molecule has 0 atom stereocenters. The lowest BCUT2D eigenvalue weighted by molar-refractivity contribution is 0.315. The number of hydrogen-bond acceptors (Lipinski definition) is 5. The largest absolute Gasteiger partial charge is 0.569 e. The Morgan fingerprint density at radius 2 is 2.17 bits per heavy atom. The third-order valence-corrected chi connectivity index (χ3v) is 1.41. The van der Waals surface area contributed by atoms with Gasteiger partial charge in [0.25, 0.3) is 0 Å². The predicted octanol–water partition coefficient (Wildman–Crippen LogP) is 0.128. The van der Waals surface area contributed by atoms with Crippen molar-refractivity contribution in [1.82, 2.24) is 10.3 Å². The van der Waals surface area contributed by atoms with Gasteiger partial charge in [-0.15, -0.1) is 0 Å². The minimum Gasteiger partial charge on any atom is -0.537 e. The van der Waals surface area contributed by atoms with Gasteiger partial charge in [-0.1, -0.05) is 0 Å². The fraction of sp³-hybridized carbons (Fsp3) is 0. The van der Waals surface area contributed by atoms with Gasteiger partial charge in [-0.2, -0.15) is 0 Å². The zero-order valence-corrected chi connectivity index (χ0v) is 5.97. The van der Waals surface area contributed by atoms with Gasteiger partial charge >= 0.3 is 7.69 Å². The topological polar surface area (TPSA) is 68.4 Å². The molecule has 0 aliphatic rings. The monoisotopic (exact) mass is 163 g/mol. The summed E-state index contributed by atoms with van der Waals surface area (Å²) >= 11 is 0. The van der Waals surface area contributed by atoms with Gasteiger partial charge in [-0.25, -0.2) is 4.63 Å². The molecule has 2 aromatic rings. The van der Waals surface area contributed by atoms with Gasteiger partial charge in [0, 0.05) is 6.07 Å². The number of benzene rings is 1. The van der Waals surface area contributed by atoms with Crippen molar-refractivity contribution in [3.05, 3.63) is 18.2 Å². The molecule has 5 nitrogen and oxygen atoms in total. The van der Waals surface area contributed by atoms with Gasteiger partial charge in [0.1, 0.15) is 16.8 Å². The maximum Gasteiger partial charge on any atom is 0.569 e. The Hall–Kier alpha value is -1.56. The molecule has 0 bridgehead atoms. The molecular weight excluding hydrogens is 159 g/mol. The first-order chi connectivity index (χ1) is 5.90. The van der Waals surface area contributed by atoms with Crippen LogP contribution in [0.1, 0.15) is 0 Å². The minimum absolute atomic E-state index is 0.487. The highest BCUT2D eigenvalue weighted by Crippen LogP contribution is 2.16. The van der Waals surface area contributed by atoms with Crippen LogP contribution in [0.5, 0.6) is 5.75 Å². The lowest BCUT2D eigenvalue weighted by Crippen LogP contribution is -1.99. The van der Waals surface area contributed by atoms with Crippen molar-refractivity contribution >= 4 is 18.7 Å². The van der Waals surface area contributed by atoms with E-state index >= 15 is 0 Å². The molecule has 1 N–H and O–H groups in total. The predicted molar refractivity (Wildman–Crippen MR) is 40.4 cm³/mol. The number of hydrogen-bond donors (Lipinski definition) is 1. The Bertz CT molecular complexity index is 389. The number of fused-ring (bicyclic) bond motifs is 1. The summed E-state index contributed by atoms with van der Waals surface area (Å²) in [7, 11) is 0.606. The molecule has 12 heavy (non-hydrogen) atoms. The van der Waals surface area contributed by atoms with Gasteiger partial charge < -0.3 is 9.68 Å². The van der Waals surface area contributed by atoms with Crippen LogP contribution in [0.3, 0.4) is 0 Å². The quantitative estimate of drug-likeness (QED) is 0.637. The summed E-state index contributed by atoms with van der Waals surface area (Å²) in [4.78, 5) is 0. The van der Waals surface area contributed by atoms with Crippen molar-refractivity contribution in [2.75, 3.05) is 0 Å². The van der Waals surface area contributed by atoms with Crippen molar-refractivity contribution in [2.24, 2.45) is 0 Å². The Labute approximate surface area is 68.2 Å². The average Bonchev–Trinajstić information content (AvgIpc) is 2.51. The standard InChI is InChI=1S/C6H4BN2O3/c10-7-11-4-1-2-5-6(3-4)9-12-8-5/h1-3,10H. The van der Waals surface area contributed by atoms with E-state index in [0.29, 0.717) is 24.5 Å². The Morgan fingerprint density at radius 1 is 1.33 bits per heavy atom. The van der Waals surface area contributed by atoms with E-state index in [0.717, 1.165) is 0 Å². The second kappa shape index (κ2) is 2.82. The maximum absolute atomic E-state index is 8.34. The van der Waals surface area contributed by atoms with Crippen LogP contribution in [0.2, 0.25) is 0 Å². The molecule has 1 radical (unpaired) electrons. The molecular formula is C6H4BN2O3. The number of rotatable bonds is 2. The van der Waals surface area contributed by atoms with Gasteiger partial charge in [0.15, 0.2) is 0 Å². The highest BCUT2D eigenvalue weighted by molar-refractivity contribution is 6.17. The molecule has 2 rings (SSSR count). The van der Waals surface area contributed by atoms with Gasteiger partial charge in [0.2, 0.25) is 0 Å². The lowest BCUT2D eigenvalue weighted by atomic mass is 10.3. The first-order valence-electron chi connectivity index (χ1n) is 3.25. The highest BCUT2D eigenvalue weighted by Gasteiger charge is 2.01. The van der Waals surface area contributed by atoms with Crippen LogP contribution in [-0.4, -0.2) is 23.0 Å². The number of aromatic nitrogens is 2.